The summed E-state index contributed by atoms with van der Waals surface area (Å²) in [7, 11) is 0. The first-order chi connectivity index (χ1) is 2.77. The SMILES string of the molecule is C[C@H](S)CCO. The number of rotatable bonds is 2. The highest BCUT2D eigenvalue weighted by Crippen LogP contribution is 1.95. The van der Waals surface area contributed by atoms with Crippen molar-refractivity contribution in [3.63, 3.8) is 0 Å². The Morgan fingerprint density at radius 1 is 1.83 bits per heavy atom. The molecule has 0 fully saturated rings. The van der Waals surface area contributed by atoms with Gasteiger partial charge in [-0.1, -0.05) is 6.92 Å². The second-order valence-electron chi connectivity index (χ2n) is 1.36. The van der Waals surface area contributed by atoms with E-state index in [9.17, 15) is 0 Å². The third-order valence-corrected chi connectivity index (χ3v) is 0.805. The first-order valence-electron chi connectivity index (χ1n) is 2.06. The van der Waals surface area contributed by atoms with E-state index in [4.69, 9.17) is 5.11 Å². The Labute approximate surface area is 43.8 Å². The van der Waals surface area contributed by atoms with E-state index >= 15 is 0 Å². The summed E-state index contributed by atoms with van der Waals surface area (Å²) >= 11 is 4.02. The molecule has 0 heterocycles. The number of hydrogen-bond acceptors (Lipinski definition) is 2. The molecule has 0 aliphatic heterocycles. The van der Waals surface area contributed by atoms with Crippen molar-refractivity contribution >= 4 is 12.6 Å². The molecule has 0 rings (SSSR count). The Morgan fingerprint density at radius 2 is 2.33 bits per heavy atom. The molecule has 38 valence electrons. The zero-order valence-corrected chi connectivity index (χ0v) is 4.78. The van der Waals surface area contributed by atoms with Gasteiger partial charge in [0.2, 0.25) is 0 Å². The molecule has 0 aromatic rings. The van der Waals surface area contributed by atoms with Crippen LogP contribution in [0.15, 0.2) is 0 Å². The lowest BCUT2D eigenvalue weighted by Gasteiger charge is -1.94. The van der Waals surface area contributed by atoms with Crippen molar-refractivity contribution in [2.75, 3.05) is 6.61 Å². The van der Waals surface area contributed by atoms with Crippen molar-refractivity contribution in [2.45, 2.75) is 18.6 Å². The molecule has 0 unspecified atom stereocenters. The molecule has 0 aliphatic rings. The van der Waals surface area contributed by atoms with Crippen molar-refractivity contribution in [1.29, 1.82) is 0 Å². The van der Waals surface area contributed by atoms with E-state index in [0.717, 1.165) is 6.42 Å². The van der Waals surface area contributed by atoms with Gasteiger partial charge in [-0.3, -0.25) is 0 Å². The van der Waals surface area contributed by atoms with Gasteiger partial charge in [0.25, 0.3) is 0 Å². The number of hydrogen-bond donors (Lipinski definition) is 2. The van der Waals surface area contributed by atoms with Crippen LogP contribution in [0.5, 0.6) is 0 Å². The highest BCUT2D eigenvalue weighted by Gasteiger charge is 1.87. The maximum absolute atomic E-state index is 8.19. The summed E-state index contributed by atoms with van der Waals surface area (Å²) in [5, 5.41) is 8.53. The fraction of sp³-hybridized carbons (Fsp3) is 1.00. The van der Waals surface area contributed by atoms with Crippen molar-refractivity contribution in [3.05, 3.63) is 0 Å². The maximum atomic E-state index is 8.19. The highest BCUT2D eigenvalue weighted by molar-refractivity contribution is 7.80. The van der Waals surface area contributed by atoms with Gasteiger partial charge >= 0.3 is 0 Å². The highest BCUT2D eigenvalue weighted by atomic mass is 32.1. The molecular formula is C4H10OS. The molecule has 0 bridgehead atoms. The van der Waals surface area contributed by atoms with Crippen LogP contribution in [-0.2, 0) is 0 Å². The largest absolute Gasteiger partial charge is 0.396 e. The normalized spacial score (nSPS) is 14.5. The van der Waals surface area contributed by atoms with Crippen LogP contribution in [0.2, 0.25) is 0 Å². The quantitative estimate of drug-likeness (QED) is 0.496. The van der Waals surface area contributed by atoms with Gasteiger partial charge in [0.05, 0.1) is 0 Å². The molecule has 1 nitrogen and oxygen atoms in total. The van der Waals surface area contributed by atoms with Gasteiger partial charge in [0.1, 0.15) is 0 Å². The van der Waals surface area contributed by atoms with Gasteiger partial charge in [-0.2, -0.15) is 12.6 Å². The van der Waals surface area contributed by atoms with Crippen LogP contribution in [0.1, 0.15) is 13.3 Å². The van der Waals surface area contributed by atoms with Gasteiger partial charge in [-0.15, -0.1) is 0 Å². The molecule has 0 radical (unpaired) electrons. The van der Waals surface area contributed by atoms with Crippen molar-refractivity contribution in [1.82, 2.24) is 0 Å². The predicted octanol–water partition coefficient (Wildman–Crippen LogP) is 0.687. The van der Waals surface area contributed by atoms with E-state index in [1.807, 2.05) is 6.92 Å². The van der Waals surface area contributed by atoms with Crippen LogP contribution in [0, 0.1) is 0 Å². The number of aliphatic hydroxyl groups is 1. The van der Waals surface area contributed by atoms with Gasteiger partial charge < -0.3 is 5.11 Å². The standard InChI is InChI=1S/C4H10OS/c1-4(6)2-3-5/h4-6H,2-3H2,1H3/t4-/m0/s1. The molecule has 1 N–H and O–H groups in total. The lowest BCUT2D eigenvalue weighted by molar-refractivity contribution is 0.289. The second-order valence-corrected chi connectivity index (χ2v) is 2.24. The van der Waals surface area contributed by atoms with Crippen LogP contribution in [-0.4, -0.2) is 17.0 Å². The summed E-state index contributed by atoms with van der Waals surface area (Å²) in [6.07, 6.45) is 0.795. The van der Waals surface area contributed by atoms with E-state index in [0.29, 0.717) is 5.25 Å². The van der Waals surface area contributed by atoms with Crippen molar-refractivity contribution in [3.8, 4) is 0 Å². The topological polar surface area (TPSA) is 20.2 Å². The Bertz CT molecular complexity index is 28.7. The Kier molecular flexibility index (Phi) is 3.68. The zero-order chi connectivity index (χ0) is 4.99. The maximum Gasteiger partial charge on any atom is 0.0441 e. The zero-order valence-electron chi connectivity index (χ0n) is 3.89. The summed E-state index contributed by atoms with van der Waals surface area (Å²) in [4.78, 5) is 0. The fourth-order valence-electron chi connectivity index (χ4n) is 0.187. The van der Waals surface area contributed by atoms with Crippen molar-refractivity contribution in [2.24, 2.45) is 0 Å². The van der Waals surface area contributed by atoms with Crippen molar-refractivity contribution < 1.29 is 5.11 Å². The summed E-state index contributed by atoms with van der Waals surface area (Å²) in [5.74, 6) is 0. The van der Waals surface area contributed by atoms with Crippen LogP contribution < -0.4 is 0 Å². The van der Waals surface area contributed by atoms with Crippen LogP contribution in [0.4, 0.5) is 0 Å². The molecule has 0 aromatic carbocycles. The summed E-state index contributed by atoms with van der Waals surface area (Å²) in [6.45, 7) is 2.21. The van der Waals surface area contributed by atoms with Gasteiger partial charge in [-0.05, 0) is 6.42 Å². The lowest BCUT2D eigenvalue weighted by Crippen LogP contribution is -1.93. The molecule has 1 atom stereocenters. The monoisotopic (exact) mass is 106 g/mol. The van der Waals surface area contributed by atoms with E-state index in [-0.39, 0.29) is 6.61 Å². The molecule has 6 heavy (non-hydrogen) atoms. The molecule has 0 spiro atoms. The average molecular weight is 106 g/mol. The Morgan fingerprint density at radius 3 is 2.33 bits per heavy atom. The predicted molar refractivity (Wildman–Crippen MR) is 30.2 cm³/mol. The van der Waals surface area contributed by atoms with E-state index in [2.05, 4.69) is 12.6 Å². The summed E-state index contributed by atoms with van der Waals surface area (Å²) in [6, 6.07) is 0. The molecular weight excluding hydrogens is 96.1 g/mol. The third kappa shape index (κ3) is 4.31. The first-order valence-corrected chi connectivity index (χ1v) is 2.58. The van der Waals surface area contributed by atoms with E-state index < -0.39 is 0 Å². The minimum absolute atomic E-state index is 0.255. The number of thiol groups is 1. The Balaban J connectivity index is 2.63. The van der Waals surface area contributed by atoms with Gasteiger partial charge in [0.15, 0.2) is 0 Å². The molecule has 0 saturated carbocycles. The van der Waals surface area contributed by atoms with Crippen LogP contribution in [0.25, 0.3) is 0 Å². The number of aliphatic hydroxyl groups excluding tert-OH is 1. The minimum atomic E-state index is 0.255. The smallest absolute Gasteiger partial charge is 0.0441 e. The molecule has 0 aliphatic carbocycles. The van der Waals surface area contributed by atoms with Gasteiger partial charge in [-0.25, -0.2) is 0 Å². The van der Waals surface area contributed by atoms with Crippen LogP contribution >= 0.6 is 12.6 Å². The Hall–Kier alpha value is 0.310. The summed E-state index contributed by atoms with van der Waals surface area (Å²) in [5.41, 5.74) is 0. The van der Waals surface area contributed by atoms with E-state index in [1.165, 1.54) is 0 Å². The average Bonchev–Trinajstić information content (AvgIpc) is 1.35. The lowest BCUT2D eigenvalue weighted by atomic mass is 10.4. The van der Waals surface area contributed by atoms with E-state index in [1.54, 1.807) is 0 Å². The second kappa shape index (κ2) is 3.50. The minimum Gasteiger partial charge on any atom is -0.396 e. The fourth-order valence-corrected chi connectivity index (χ4v) is 0.302. The summed E-state index contributed by atoms with van der Waals surface area (Å²) < 4.78 is 0. The molecule has 0 saturated heterocycles. The molecule has 0 aromatic heterocycles. The third-order valence-electron chi connectivity index (χ3n) is 0.547. The first kappa shape index (κ1) is 6.31. The van der Waals surface area contributed by atoms with Gasteiger partial charge in [0, 0.05) is 11.9 Å². The van der Waals surface area contributed by atoms with Crippen LogP contribution in [0.3, 0.4) is 0 Å². The molecule has 0 amide bonds. The molecule has 2 heteroatoms.